The van der Waals surface area contributed by atoms with Gasteiger partial charge in [-0.05, 0) is 0 Å². The average molecular weight is 361 g/mol. The Morgan fingerprint density at radius 3 is 1.56 bits per heavy atom. The molecule has 0 saturated carbocycles. The van der Waals surface area contributed by atoms with Gasteiger partial charge in [0.15, 0.2) is 0 Å². The summed E-state index contributed by atoms with van der Waals surface area (Å²) in [5, 5.41) is 0. The third-order valence-electron chi connectivity index (χ3n) is 4.10. The van der Waals surface area contributed by atoms with Crippen LogP contribution in [0.4, 0.5) is 0 Å². The normalized spacial score (nSPS) is 11.8. The minimum atomic E-state index is -2.15. The van der Waals surface area contributed by atoms with E-state index in [9.17, 15) is 0 Å². The third kappa shape index (κ3) is 6.60. The molecule has 0 bridgehead atoms. The first-order valence-corrected chi connectivity index (χ1v) is 15.3. The number of unbranched alkanes of at least 4 members (excludes halogenated alkanes) is 3. The molecule has 0 saturated heterocycles. The van der Waals surface area contributed by atoms with Gasteiger partial charge in [0.25, 0.3) is 0 Å². The van der Waals surface area contributed by atoms with E-state index in [0.29, 0.717) is 0 Å². The van der Waals surface area contributed by atoms with Gasteiger partial charge in [-0.2, -0.15) is 0 Å². The molecule has 0 spiro atoms. The van der Waals surface area contributed by atoms with Crippen molar-refractivity contribution in [1.82, 2.24) is 0 Å². The van der Waals surface area contributed by atoms with Crippen molar-refractivity contribution in [1.29, 1.82) is 0 Å². The molecule has 0 rings (SSSR count). The Morgan fingerprint density at radius 2 is 1.28 bits per heavy atom. The Balaban J connectivity index is 4.78. The number of methoxy groups -OCH3 is 1. The predicted molar refractivity (Wildman–Crippen MR) is 85.9 cm³/mol. The summed E-state index contributed by atoms with van der Waals surface area (Å²) >= 11 is -2.15. The summed E-state index contributed by atoms with van der Waals surface area (Å²) in [6.07, 6.45) is 8.22. The molecule has 108 valence electrons. The van der Waals surface area contributed by atoms with Crippen LogP contribution in [0.25, 0.3) is 0 Å². The predicted octanol–water partition coefficient (Wildman–Crippen LogP) is 5.58. The molecule has 0 aromatic carbocycles. The zero-order valence-corrected chi connectivity index (χ0v) is 16.0. The van der Waals surface area contributed by atoms with Crippen molar-refractivity contribution in [3.63, 3.8) is 0 Å². The summed E-state index contributed by atoms with van der Waals surface area (Å²) in [6.45, 7) is 12.2. The molecule has 0 aliphatic rings. The van der Waals surface area contributed by atoms with E-state index in [-0.39, 0.29) is 0 Å². The minimum absolute atomic E-state index is 0.827. The maximum absolute atomic E-state index is 5.40. The van der Waals surface area contributed by atoms with E-state index >= 15 is 0 Å². The molecule has 0 aromatic rings. The van der Waals surface area contributed by atoms with Crippen molar-refractivity contribution in [3.8, 4) is 0 Å². The van der Waals surface area contributed by atoms with Gasteiger partial charge < -0.3 is 0 Å². The van der Waals surface area contributed by atoms with Gasteiger partial charge in [-0.15, -0.1) is 0 Å². The van der Waals surface area contributed by atoms with Gasteiger partial charge in [-0.1, -0.05) is 0 Å². The van der Waals surface area contributed by atoms with Gasteiger partial charge in [0.2, 0.25) is 0 Å². The molecular formula is C16H34OSn. The van der Waals surface area contributed by atoms with Crippen LogP contribution in [0.15, 0.2) is 10.2 Å². The van der Waals surface area contributed by atoms with Gasteiger partial charge in [0.1, 0.15) is 0 Å². The second-order valence-electron chi connectivity index (χ2n) is 5.63. The Kier molecular flexibility index (Phi) is 11.6. The summed E-state index contributed by atoms with van der Waals surface area (Å²) in [5.74, 6) is 0. The number of rotatable bonds is 12. The monoisotopic (exact) mass is 362 g/mol. The Morgan fingerprint density at radius 1 is 0.889 bits per heavy atom. The number of hydrogen-bond acceptors (Lipinski definition) is 1. The summed E-state index contributed by atoms with van der Waals surface area (Å²) in [6, 6.07) is 0. The van der Waals surface area contributed by atoms with Crippen LogP contribution in [0, 0.1) is 0 Å². The molecule has 0 atom stereocenters. The molecule has 0 aromatic heterocycles. The Labute approximate surface area is 119 Å². The fourth-order valence-electron chi connectivity index (χ4n) is 2.78. The van der Waals surface area contributed by atoms with Crippen LogP contribution in [-0.2, 0) is 4.74 Å². The molecule has 0 aliphatic heterocycles. The van der Waals surface area contributed by atoms with Gasteiger partial charge in [-0.25, -0.2) is 0 Å². The molecule has 0 N–H and O–H groups in total. The van der Waals surface area contributed by atoms with Crippen molar-refractivity contribution < 1.29 is 4.74 Å². The molecule has 0 radical (unpaired) electrons. The Bertz CT molecular complexity index is 191. The van der Waals surface area contributed by atoms with E-state index < -0.39 is 18.4 Å². The molecular weight excluding hydrogens is 327 g/mol. The molecule has 0 aliphatic carbocycles. The van der Waals surface area contributed by atoms with Gasteiger partial charge >= 0.3 is 120 Å². The van der Waals surface area contributed by atoms with Crippen LogP contribution in [0.5, 0.6) is 0 Å². The van der Waals surface area contributed by atoms with Gasteiger partial charge in [-0.3, -0.25) is 0 Å². The second-order valence-corrected chi connectivity index (χ2v) is 19.2. The second kappa shape index (κ2) is 11.3. The van der Waals surface area contributed by atoms with E-state index in [1.165, 1.54) is 51.8 Å². The maximum atomic E-state index is 5.40. The first kappa shape index (κ1) is 18.5. The van der Waals surface area contributed by atoms with Gasteiger partial charge in [0, 0.05) is 0 Å². The van der Waals surface area contributed by atoms with Crippen molar-refractivity contribution in [2.75, 3.05) is 13.7 Å². The van der Waals surface area contributed by atoms with E-state index in [1.807, 2.05) is 7.11 Å². The summed E-state index contributed by atoms with van der Waals surface area (Å²) in [5.41, 5.74) is 0. The molecule has 0 unspecified atom stereocenters. The molecule has 2 heteroatoms. The molecule has 0 heterocycles. The van der Waals surface area contributed by atoms with Crippen molar-refractivity contribution >= 4 is 18.4 Å². The Hall–Kier alpha value is 0.499. The van der Waals surface area contributed by atoms with E-state index in [0.717, 1.165) is 6.61 Å². The fourth-order valence-corrected chi connectivity index (χ4v) is 18.1. The average Bonchev–Trinajstić information content (AvgIpc) is 2.38. The van der Waals surface area contributed by atoms with Crippen LogP contribution in [0.3, 0.4) is 0 Å². The first-order valence-electron chi connectivity index (χ1n) is 7.84. The van der Waals surface area contributed by atoms with Crippen LogP contribution in [-0.4, -0.2) is 32.1 Å². The summed E-state index contributed by atoms with van der Waals surface area (Å²) < 4.78 is 11.5. The van der Waals surface area contributed by atoms with Crippen molar-refractivity contribution in [2.45, 2.75) is 72.6 Å². The zero-order chi connectivity index (χ0) is 13.9. The fraction of sp³-hybridized carbons (Fsp3) is 0.875. The third-order valence-corrected chi connectivity index (χ3v) is 20.0. The quantitative estimate of drug-likeness (QED) is 0.413. The van der Waals surface area contributed by atoms with Crippen LogP contribution < -0.4 is 0 Å². The molecule has 0 fully saturated rings. The zero-order valence-electron chi connectivity index (χ0n) is 13.2. The first-order chi connectivity index (χ1) is 8.66. The number of ether oxygens (including phenoxy) is 1. The number of hydrogen-bond donors (Lipinski definition) is 0. The summed E-state index contributed by atoms with van der Waals surface area (Å²) in [7, 11) is 1.82. The SMILES string of the molecule is C=[C](COC)[Sn]([CH2]CCC)([CH2]CCC)[CH2]CCC. The molecule has 0 amide bonds. The summed E-state index contributed by atoms with van der Waals surface area (Å²) in [4.78, 5) is 0. The van der Waals surface area contributed by atoms with Crippen molar-refractivity contribution in [2.24, 2.45) is 0 Å². The van der Waals surface area contributed by atoms with Crippen molar-refractivity contribution in [3.05, 3.63) is 10.2 Å². The van der Waals surface area contributed by atoms with Crippen LogP contribution >= 0.6 is 0 Å². The standard InChI is InChI=1S/C4H7O.3C4H9.Sn/c1-3-4-5-2;3*1-3-4-2;/h1,4H2,2H3;3*1,3-4H2,2H3;. The van der Waals surface area contributed by atoms with E-state index in [1.54, 1.807) is 3.59 Å². The van der Waals surface area contributed by atoms with Gasteiger partial charge in [0.05, 0.1) is 0 Å². The van der Waals surface area contributed by atoms with Crippen LogP contribution in [0.2, 0.25) is 13.3 Å². The van der Waals surface area contributed by atoms with Crippen LogP contribution in [0.1, 0.15) is 59.3 Å². The van der Waals surface area contributed by atoms with E-state index in [4.69, 9.17) is 4.74 Å². The molecule has 18 heavy (non-hydrogen) atoms. The molecule has 1 nitrogen and oxygen atoms in total. The topological polar surface area (TPSA) is 9.23 Å². The van der Waals surface area contributed by atoms with E-state index in [2.05, 4.69) is 27.4 Å².